The molecular weight excluding hydrogens is 221 g/mol. The summed E-state index contributed by atoms with van der Waals surface area (Å²) in [6, 6.07) is 4.50. The third-order valence-electron chi connectivity index (χ3n) is 2.69. The van der Waals surface area contributed by atoms with Crippen molar-refractivity contribution in [2.24, 2.45) is 0 Å². The highest BCUT2D eigenvalue weighted by Crippen LogP contribution is 2.22. The molecule has 0 spiro atoms. The van der Waals surface area contributed by atoms with E-state index in [4.69, 9.17) is 4.52 Å². The number of rotatable bonds is 3. The van der Waals surface area contributed by atoms with Gasteiger partial charge in [0, 0.05) is 5.56 Å². The molecule has 1 unspecified atom stereocenters. The maximum Gasteiger partial charge on any atom is 0.243 e. The monoisotopic (exact) mass is 235 g/mol. The lowest BCUT2D eigenvalue weighted by Gasteiger charge is -2.02. The maximum absolute atomic E-state index is 13.2. The van der Waals surface area contributed by atoms with Crippen molar-refractivity contribution in [1.29, 1.82) is 0 Å². The van der Waals surface area contributed by atoms with Crippen molar-refractivity contribution in [2.45, 2.75) is 19.9 Å². The maximum atomic E-state index is 13.2. The van der Waals surface area contributed by atoms with Gasteiger partial charge in [0.15, 0.2) is 0 Å². The molecule has 2 rings (SSSR count). The van der Waals surface area contributed by atoms with E-state index in [2.05, 4.69) is 15.5 Å². The molecule has 1 heterocycles. The zero-order chi connectivity index (χ0) is 12.4. The van der Waals surface area contributed by atoms with Gasteiger partial charge in [0.05, 0.1) is 6.04 Å². The van der Waals surface area contributed by atoms with E-state index in [1.54, 1.807) is 6.07 Å². The third-order valence-corrected chi connectivity index (χ3v) is 2.69. The summed E-state index contributed by atoms with van der Waals surface area (Å²) in [5.74, 6) is 0.601. The first-order chi connectivity index (χ1) is 8.11. The smallest absolute Gasteiger partial charge is 0.243 e. The Morgan fingerprint density at radius 1 is 1.41 bits per heavy atom. The van der Waals surface area contributed by atoms with E-state index >= 15 is 0 Å². The van der Waals surface area contributed by atoms with Gasteiger partial charge in [0.1, 0.15) is 5.82 Å². The molecular formula is C12H14FN3O. The standard InChI is InChI=1S/C12H14FN3O/c1-7-4-5-9(13)6-10(7)11-15-12(17-16-11)8(2)14-3/h4-6,8,14H,1-3H3. The molecule has 1 aromatic heterocycles. The van der Waals surface area contributed by atoms with E-state index in [1.807, 2.05) is 20.9 Å². The number of benzene rings is 1. The molecule has 0 amide bonds. The van der Waals surface area contributed by atoms with Crippen molar-refractivity contribution in [1.82, 2.24) is 15.5 Å². The predicted octanol–water partition coefficient (Wildman–Crippen LogP) is 2.46. The Balaban J connectivity index is 2.40. The lowest BCUT2D eigenvalue weighted by atomic mass is 10.1. The van der Waals surface area contributed by atoms with Gasteiger partial charge in [0.25, 0.3) is 0 Å². The molecule has 1 atom stereocenters. The fraction of sp³-hybridized carbons (Fsp3) is 0.333. The van der Waals surface area contributed by atoms with E-state index in [-0.39, 0.29) is 11.9 Å². The Morgan fingerprint density at radius 2 is 2.18 bits per heavy atom. The summed E-state index contributed by atoms with van der Waals surface area (Å²) in [6.07, 6.45) is 0. The van der Waals surface area contributed by atoms with Crippen LogP contribution in [-0.2, 0) is 0 Å². The minimum Gasteiger partial charge on any atom is -0.337 e. The molecule has 17 heavy (non-hydrogen) atoms. The van der Waals surface area contributed by atoms with Crippen LogP contribution in [0.5, 0.6) is 0 Å². The van der Waals surface area contributed by atoms with E-state index in [0.717, 1.165) is 5.56 Å². The Morgan fingerprint density at radius 3 is 2.88 bits per heavy atom. The van der Waals surface area contributed by atoms with Gasteiger partial charge in [-0.3, -0.25) is 0 Å². The molecule has 0 fully saturated rings. The first-order valence-corrected chi connectivity index (χ1v) is 5.39. The van der Waals surface area contributed by atoms with Crippen LogP contribution in [0.2, 0.25) is 0 Å². The summed E-state index contributed by atoms with van der Waals surface area (Å²) in [6.45, 7) is 3.79. The summed E-state index contributed by atoms with van der Waals surface area (Å²) in [5, 5.41) is 6.87. The molecule has 0 aliphatic rings. The van der Waals surface area contributed by atoms with Crippen LogP contribution >= 0.6 is 0 Å². The van der Waals surface area contributed by atoms with Gasteiger partial charge in [-0.25, -0.2) is 4.39 Å². The van der Waals surface area contributed by atoms with Gasteiger partial charge < -0.3 is 9.84 Å². The van der Waals surface area contributed by atoms with Gasteiger partial charge in [-0.05, 0) is 38.6 Å². The second-order valence-corrected chi connectivity index (χ2v) is 3.93. The first-order valence-electron chi connectivity index (χ1n) is 5.39. The van der Waals surface area contributed by atoms with Crippen LogP contribution in [0, 0.1) is 12.7 Å². The Labute approximate surface area is 98.8 Å². The summed E-state index contributed by atoms with van der Waals surface area (Å²) in [7, 11) is 1.81. The predicted molar refractivity (Wildman–Crippen MR) is 61.9 cm³/mol. The number of hydrogen-bond acceptors (Lipinski definition) is 4. The second-order valence-electron chi connectivity index (χ2n) is 3.93. The largest absolute Gasteiger partial charge is 0.337 e. The Bertz CT molecular complexity index is 524. The number of nitrogens with one attached hydrogen (secondary N) is 1. The van der Waals surface area contributed by atoms with Crippen molar-refractivity contribution >= 4 is 0 Å². The first kappa shape index (κ1) is 11.7. The zero-order valence-corrected chi connectivity index (χ0v) is 9.99. The molecule has 0 bridgehead atoms. The minimum atomic E-state index is -0.307. The molecule has 0 saturated heterocycles. The van der Waals surface area contributed by atoms with E-state index in [0.29, 0.717) is 17.3 Å². The molecule has 1 aromatic carbocycles. The lowest BCUT2D eigenvalue weighted by Crippen LogP contribution is -2.12. The molecule has 0 radical (unpaired) electrons. The summed E-state index contributed by atoms with van der Waals surface area (Å²) in [4.78, 5) is 4.25. The van der Waals surface area contributed by atoms with Crippen molar-refractivity contribution in [2.75, 3.05) is 7.05 Å². The number of nitrogens with zero attached hydrogens (tertiary/aromatic N) is 2. The van der Waals surface area contributed by atoms with Crippen molar-refractivity contribution in [3.05, 3.63) is 35.5 Å². The zero-order valence-electron chi connectivity index (χ0n) is 9.99. The highest BCUT2D eigenvalue weighted by Gasteiger charge is 2.15. The average molecular weight is 235 g/mol. The Hall–Kier alpha value is -1.75. The molecule has 90 valence electrons. The number of aryl methyl sites for hydroxylation is 1. The molecule has 2 aromatic rings. The molecule has 4 nitrogen and oxygen atoms in total. The number of hydrogen-bond donors (Lipinski definition) is 1. The Kier molecular flexibility index (Phi) is 3.19. The minimum absolute atomic E-state index is 0.0230. The summed E-state index contributed by atoms with van der Waals surface area (Å²) >= 11 is 0. The lowest BCUT2D eigenvalue weighted by molar-refractivity contribution is 0.347. The third kappa shape index (κ3) is 2.34. The van der Waals surface area contributed by atoms with E-state index in [1.165, 1.54) is 12.1 Å². The average Bonchev–Trinajstić information content (AvgIpc) is 2.80. The highest BCUT2D eigenvalue weighted by molar-refractivity contribution is 5.59. The van der Waals surface area contributed by atoms with Crippen molar-refractivity contribution < 1.29 is 8.91 Å². The van der Waals surface area contributed by atoms with Gasteiger partial charge in [-0.15, -0.1) is 0 Å². The summed E-state index contributed by atoms with van der Waals surface area (Å²) in [5.41, 5.74) is 1.57. The normalized spacial score (nSPS) is 12.7. The number of aromatic nitrogens is 2. The fourth-order valence-electron chi connectivity index (χ4n) is 1.48. The second kappa shape index (κ2) is 4.63. The van der Waals surface area contributed by atoms with Crippen molar-refractivity contribution in [3.63, 3.8) is 0 Å². The van der Waals surface area contributed by atoms with Gasteiger partial charge in [-0.2, -0.15) is 4.98 Å². The van der Waals surface area contributed by atoms with Crippen LogP contribution in [-0.4, -0.2) is 17.2 Å². The molecule has 0 saturated carbocycles. The van der Waals surface area contributed by atoms with Gasteiger partial charge in [-0.1, -0.05) is 11.2 Å². The van der Waals surface area contributed by atoms with E-state index in [9.17, 15) is 4.39 Å². The van der Waals surface area contributed by atoms with Crippen LogP contribution in [0.1, 0.15) is 24.4 Å². The summed E-state index contributed by atoms with van der Waals surface area (Å²) < 4.78 is 18.3. The van der Waals surface area contributed by atoms with Crippen LogP contribution in [0.15, 0.2) is 22.7 Å². The molecule has 0 aliphatic carbocycles. The molecule has 5 heteroatoms. The van der Waals surface area contributed by atoms with Crippen LogP contribution < -0.4 is 5.32 Å². The quantitative estimate of drug-likeness (QED) is 0.887. The topological polar surface area (TPSA) is 51.0 Å². The van der Waals surface area contributed by atoms with Crippen LogP contribution in [0.4, 0.5) is 4.39 Å². The number of halogens is 1. The SMILES string of the molecule is CNC(C)c1nc(-c2cc(F)ccc2C)no1. The van der Waals surface area contributed by atoms with Gasteiger partial charge >= 0.3 is 0 Å². The van der Waals surface area contributed by atoms with Crippen LogP contribution in [0.25, 0.3) is 11.4 Å². The molecule has 0 aliphatic heterocycles. The van der Waals surface area contributed by atoms with Crippen LogP contribution in [0.3, 0.4) is 0 Å². The van der Waals surface area contributed by atoms with Crippen molar-refractivity contribution in [3.8, 4) is 11.4 Å². The molecule has 1 N–H and O–H groups in total. The fourth-order valence-corrected chi connectivity index (χ4v) is 1.48. The highest BCUT2D eigenvalue weighted by atomic mass is 19.1. The van der Waals surface area contributed by atoms with E-state index < -0.39 is 0 Å². The van der Waals surface area contributed by atoms with Gasteiger partial charge in [0.2, 0.25) is 11.7 Å².